The van der Waals surface area contributed by atoms with Gasteiger partial charge in [0, 0.05) is 0 Å². The standard InChI is InChI=1S/Cd.2FH.Li.H/h;2*1H;;/q+2;;;+1;-1/p-2. The summed E-state index contributed by atoms with van der Waals surface area (Å²) in [6.07, 6.45) is 0. The molecule has 0 radical (unpaired) electrons. The molecule has 0 atom stereocenters. The van der Waals surface area contributed by atoms with E-state index < -0.39 is 0 Å². The summed E-state index contributed by atoms with van der Waals surface area (Å²) in [6.45, 7) is 0. The average molecular weight is 158 g/mol. The second-order valence-corrected chi connectivity index (χ2v) is 0. The fourth-order valence-electron chi connectivity index (χ4n) is 0. The number of halogens is 2. The van der Waals surface area contributed by atoms with Crippen molar-refractivity contribution in [2.75, 3.05) is 0 Å². The molecule has 0 amide bonds. The van der Waals surface area contributed by atoms with Gasteiger partial charge in [0.25, 0.3) is 0 Å². The summed E-state index contributed by atoms with van der Waals surface area (Å²) in [5.74, 6) is 0. The molecular formula is HCdF2Li. The minimum absolute atomic E-state index is 0. The number of hydrogen-bond acceptors (Lipinski definition) is 0. The Hall–Kier alpha value is 1.38. The summed E-state index contributed by atoms with van der Waals surface area (Å²) < 4.78 is 0. The first kappa shape index (κ1) is 54.2. The minimum atomic E-state index is 0. The Labute approximate surface area is 56.9 Å². The predicted molar refractivity (Wildman–Crippen MR) is 1.11 cm³/mol. The molecule has 0 bridgehead atoms. The molecule has 18 valence electrons. The Morgan fingerprint density at radius 3 is 1.00 bits per heavy atom. The van der Waals surface area contributed by atoms with E-state index in [0.717, 1.165) is 0 Å². The van der Waals surface area contributed by atoms with Gasteiger partial charge < -0.3 is 10.8 Å². The molecule has 0 aliphatic carbocycles. The zero-order chi connectivity index (χ0) is 0. The van der Waals surface area contributed by atoms with Gasteiger partial charge in [-0.05, 0) is 0 Å². The van der Waals surface area contributed by atoms with Gasteiger partial charge >= 0.3 is 46.2 Å². The van der Waals surface area contributed by atoms with Gasteiger partial charge in [0.1, 0.15) is 0 Å². The van der Waals surface area contributed by atoms with Crippen molar-refractivity contribution in [3.8, 4) is 0 Å². The molecule has 0 aliphatic rings. The molecule has 0 aliphatic heterocycles. The van der Waals surface area contributed by atoms with Gasteiger partial charge in [-0.15, -0.1) is 0 Å². The van der Waals surface area contributed by atoms with Crippen LogP contribution < -0.4 is 28.3 Å². The van der Waals surface area contributed by atoms with Crippen LogP contribution in [-0.2, 0) is 27.3 Å². The molecule has 0 rings (SSSR count). The summed E-state index contributed by atoms with van der Waals surface area (Å²) in [4.78, 5) is 0. The van der Waals surface area contributed by atoms with Gasteiger partial charge in [0.05, 0.1) is 0 Å². The summed E-state index contributed by atoms with van der Waals surface area (Å²) in [6, 6.07) is 0. The first-order valence-corrected chi connectivity index (χ1v) is 0. The van der Waals surface area contributed by atoms with Crippen molar-refractivity contribution in [2.45, 2.75) is 0 Å². The Balaban J connectivity index is 0. The zero-order valence-electron chi connectivity index (χ0n) is 3.46. The van der Waals surface area contributed by atoms with Crippen molar-refractivity contribution in [1.29, 1.82) is 0 Å². The average Bonchev–Trinajstić information content (AvgIpc) is 0. The van der Waals surface area contributed by atoms with Gasteiger partial charge in [-0.25, -0.2) is 0 Å². The molecule has 0 aromatic rings. The van der Waals surface area contributed by atoms with Crippen molar-refractivity contribution < 1.29 is 57.0 Å². The SMILES string of the molecule is [Cd+2].[F-].[F-].[H-].[Li+]. The molecule has 0 fully saturated rings. The van der Waals surface area contributed by atoms with E-state index in [-0.39, 0.29) is 57.0 Å². The van der Waals surface area contributed by atoms with E-state index in [2.05, 4.69) is 0 Å². The molecule has 4 heteroatoms. The molecule has 0 heterocycles. The quantitative estimate of drug-likeness (QED) is 0.307. The van der Waals surface area contributed by atoms with Crippen LogP contribution in [-0.4, -0.2) is 0 Å². The van der Waals surface area contributed by atoms with Crippen molar-refractivity contribution in [1.82, 2.24) is 0 Å². The fraction of sp³-hybridized carbons (Fsp3) is 0. The third kappa shape index (κ3) is 10.1. The third-order valence-electron chi connectivity index (χ3n) is 0. The smallest absolute Gasteiger partial charge is 1.00 e. The summed E-state index contributed by atoms with van der Waals surface area (Å²) >= 11 is 0. The van der Waals surface area contributed by atoms with Crippen LogP contribution in [0.1, 0.15) is 1.43 Å². The van der Waals surface area contributed by atoms with E-state index in [1.54, 1.807) is 0 Å². The molecule has 0 saturated heterocycles. The van der Waals surface area contributed by atoms with E-state index in [0.29, 0.717) is 0 Å². The van der Waals surface area contributed by atoms with Gasteiger partial charge in [0.2, 0.25) is 0 Å². The minimum Gasteiger partial charge on any atom is -1.00 e. The molecule has 0 aromatic heterocycles. The zero-order valence-corrected chi connectivity index (χ0v) is 6.50. The normalized spacial score (nSPS) is 0. The molecule has 0 nitrogen and oxygen atoms in total. The molecule has 0 N–H and O–H groups in total. The molecule has 0 spiro atoms. The summed E-state index contributed by atoms with van der Waals surface area (Å²) in [7, 11) is 0. The van der Waals surface area contributed by atoms with Crippen molar-refractivity contribution in [2.24, 2.45) is 0 Å². The van der Waals surface area contributed by atoms with Crippen LogP contribution >= 0.6 is 0 Å². The maximum Gasteiger partial charge on any atom is 2.00 e. The number of rotatable bonds is 0. The predicted octanol–water partition coefficient (Wildman–Crippen LogP) is -8.88. The largest absolute Gasteiger partial charge is 2.00 e. The topological polar surface area (TPSA) is 0 Å². The van der Waals surface area contributed by atoms with E-state index in [1.165, 1.54) is 0 Å². The van der Waals surface area contributed by atoms with Crippen LogP contribution in [0.5, 0.6) is 0 Å². The van der Waals surface area contributed by atoms with E-state index in [4.69, 9.17) is 0 Å². The first-order chi connectivity index (χ1) is 0. The number of hydrogen-bond donors (Lipinski definition) is 0. The van der Waals surface area contributed by atoms with Crippen LogP contribution in [0.3, 0.4) is 0 Å². The van der Waals surface area contributed by atoms with Gasteiger partial charge in [-0.3, -0.25) is 0 Å². The van der Waals surface area contributed by atoms with E-state index >= 15 is 0 Å². The van der Waals surface area contributed by atoms with Gasteiger partial charge in [-0.1, -0.05) is 0 Å². The third-order valence-corrected chi connectivity index (χ3v) is 0. The van der Waals surface area contributed by atoms with Crippen LogP contribution in [0.15, 0.2) is 0 Å². The molecule has 0 aromatic carbocycles. The van der Waals surface area contributed by atoms with Gasteiger partial charge in [0.15, 0.2) is 0 Å². The fourth-order valence-corrected chi connectivity index (χ4v) is 0. The van der Waals surface area contributed by atoms with Crippen LogP contribution in [0, 0.1) is 0 Å². The molecule has 4 heavy (non-hydrogen) atoms. The Morgan fingerprint density at radius 2 is 1.00 bits per heavy atom. The maximum absolute atomic E-state index is 0. The van der Waals surface area contributed by atoms with Gasteiger partial charge in [-0.2, -0.15) is 0 Å². The van der Waals surface area contributed by atoms with Crippen molar-refractivity contribution >= 4 is 0 Å². The second kappa shape index (κ2) is 26.3. The van der Waals surface area contributed by atoms with Crippen molar-refractivity contribution in [3.63, 3.8) is 0 Å². The van der Waals surface area contributed by atoms with Crippen LogP contribution in [0.25, 0.3) is 0 Å². The summed E-state index contributed by atoms with van der Waals surface area (Å²) in [5.41, 5.74) is 0. The molecular weight excluding hydrogens is 157 g/mol. The van der Waals surface area contributed by atoms with Crippen molar-refractivity contribution in [3.05, 3.63) is 0 Å². The maximum atomic E-state index is 0. The van der Waals surface area contributed by atoms with Crippen LogP contribution in [0.4, 0.5) is 0 Å². The summed E-state index contributed by atoms with van der Waals surface area (Å²) in [5, 5.41) is 0. The molecule has 0 unspecified atom stereocenters. The Kier molecular flexibility index (Phi) is 356. The Bertz CT molecular complexity index is 9.61. The van der Waals surface area contributed by atoms with Crippen LogP contribution in [0.2, 0.25) is 0 Å². The van der Waals surface area contributed by atoms with E-state index in [1.807, 2.05) is 0 Å². The first-order valence-electron chi connectivity index (χ1n) is 0. The monoisotopic (exact) mass is 160 g/mol. The Morgan fingerprint density at radius 1 is 1.00 bits per heavy atom. The molecule has 0 saturated carbocycles. The van der Waals surface area contributed by atoms with E-state index in [9.17, 15) is 0 Å². The second-order valence-electron chi connectivity index (χ2n) is 0.